The Balaban J connectivity index is 3.14. The highest BCUT2D eigenvalue weighted by Crippen LogP contribution is 2.32. The first-order valence-electron chi connectivity index (χ1n) is 4.99. The maximum atomic E-state index is 12.1. The summed E-state index contributed by atoms with van der Waals surface area (Å²) < 4.78 is 27.3. The molecule has 8 heteroatoms. The molecule has 0 saturated heterocycles. The number of nitrogen functional groups attached to an aromatic ring is 1. The number of nitrogens with two attached hydrogens (primary N) is 1. The van der Waals surface area contributed by atoms with Crippen LogP contribution in [0.15, 0.2) is 26.0 Å². The van der Waals surface area contributed by atoms with Crippen LogP contribution in [-0.4, -0.2) is 25.7 Å². The maximum Gasteiger partial charge on any atom is 0.242 e. The monoisotopic (exact) mass is 400 g/mol. The molecular formula is C10H14Br2N2O3S. The van der Waals surface area contributed by atoms with Crippen molar-refractivity contribution in [1.29, 1.82) is 0 Å². The van der Waals surface area contributed by atoms with E-state index in [1.54, 1.807) is 0 Å². The van der Waals surface area contributed by atoms with Gasteiger partial charge in [0.15, 0.2) is 0 Å². The third-order valence-electron chi connectivity index (χ3n) is 1.98. The van der Waals surface area contributed by atoms with E-state index >= 15 is 0 Å². The van der Waals surface area contributed by atoms with Gasteiger partial charge in [-0.1, -0.05) is 0 Å². The van der Waals surface area contributed by atoms with Gasteiger partial charge in [-0.05, 0) is 57.8 Å². The van der Waals surface area contributed by atoms with E-state index in [1.807, 2.05) is 0 Å². The molecule has 0 unspecified atom stereocenters. The van der Waals surface area contributed by atoms with Crippen LogP contribution < -0.4 is 10.5 Å². The zero-order valence-electron chi connectivity index (χ0n) is 9.87. The Morgan fingerprint density at radius 1 is 1.33 bits per heavy atom. The predicted molar refractivity (Wildman–Crippen MR) is 77.7 cm³/mol. The van der Waals surface area contributed by atoms with Crippen LogP contribution in [0, 0.1) is 0 Å². The largest absolute Gasteiger partial charge is 0.399 e. The number of benzene rings is 1. The summed E-state index contributed by atoms with van der Waals surface area (Å²) >= 11 is 6.33. The van der Waals surface area contributed by atoms with Crippen molar-refractivity contribution in [1.82, 2.24) is 4.72 Å². The van der Waals surface area contributed by atoms with Crippen LogP contribution in [0.2, 0.25) is 0 Å². The summed E-state index contributed by atoms with van der Waals surface area (Å²) in [5.41, 5.74) is 4.91. The van der Waals surface area contributed by atoms with Crippen LogP contribution in [0.1, 0.15) is 13.8 Å². The molecule has 4 N–H and O–H groups in total. The molecule has 0 amide bonds. The molecule has 1 aromatic carbocycles. The highest BCUT2D eigenvalue weighted by atomic mass is 79.9. The van der Waals surface area contributed by atoms with Gasteiger partial charge < -0.3 is 10.8 Å². The number of nitrogens with one attached hydrogen (secondary N) is 1. The fourth-order valence-corrected chi connectivity index (χ4v) is 5.00. The first kappa shape index (κ1) is 15.9. The van der Waals surface area contributed by atoms with Crippen LogP contribution in [0.4, 0.5) is 5.69 Å². The van der Waals surface area contributed by atoms with E-state index in [0.29, 0.717) is 14.6 Å². The molecule has 5 nitrogen and oxygen atoms in total. The minimum absolute atomic E-state index is 0.0564. The minimum Gasteiger partial charge on any atom is -0.399 e. The standard InChI is InChI=1S/C10H14Br2N2O3S/c1-10(2,15)5-14-18(16,17)9-7(11)3-6(13)4-8(9)12/h3-4,14-15H,5,13H2,1-2H3. The SMILES string of the molecule is CC(C)(O)CNS(=O)(=O)c1c(Br)cc(N)cc1Br. The lowest BCUT2D eigenvalue weighted by atomic mass is 10.1. The molecule has 0 radical (unpaired) electrons. The number of sulfonamides is 1. The molecule has 0 bridgehead atoms. The number of hydrogen-bond acceptors (Lipinski definition) is 4. The van der Waals surface area contributed by atoms with Gasteiger partial charge in [0.1, 0.15) is 4.90 Å². The second-order valence-corrected chi connectivity index (χ2v) is 7.86. The summed E-state index contributed by atoms with van der Waals surface area (Å²) in [5, 5.41) is 9.54. The molecule has 0 heterocycles. The normalized spacial score (nSPS) is 12.7. The van der Waals surface area contributed by atoms with Crippen molar-refractivity contribution in [2.75, 3.05) is 12.3 Å². The lowest BCUT2D eigenvalue weighted by molar-refractivity contribution is 0.0857. The molecule has 0 fully saturated rings. The lowest BCUT2D eigenvalue weighted by Gasteiger charge is -2.18. The molecule has 0 aliphatic rings. The van der Waals surface area contributed by atoms with Gasteiger partial charge in [0.2, 0.25) is 10.0 Å². The molecule has 1 aromatic rings. The van der Waals surface area contributed by atoms with E-state index in [4.69, 9.17) is 5.73 Å². The molecule has 102 valence electrons. The molecule has 0 aliphatic carbocycles. The van der Waals surface area contributed by atoms with Crippen molar-refractivity contribution in [3.63, 3.8) is 0 Å². The van der Waals surface area contributed by atoms with Gasteiger partial charge in [0.05, 0.1) is 5.60 Å². The van der Waals surface area contributed by atoms with E-state index < -0.39 is 15.6 Å². The Hall–Kier alpha value is -0.150. The van der Waals surface area contributed by atoms with Gasteiger partial charge in [-0.2, -0.15) is 0 Å². The summed E-state index contributed by atoms with van der Waals surface area (Å²) in [6.07, 6.45) is 0. The molecule has 1 rings (SSSR count). The highest BCUT2D eigenvalue weighted by molar-refractivity contribution is 9.11. The number of aliphatic hydroxyl groups is 1. The van der Waals surface area contributed by atoms with Crippen molar-refractivity contribution in [3.05, 3.63) is 21.1 Å². The van der Waals surface area contributed by atoms with Gasteiger partial charge in [0, 0.05) is 21.2 Å². The van der Waals surface area contributed by atoms with Gasteiger partial charge in [0.25, 0.3) is 0 Å². The second kappa shape index (κ2) is 5.46. The van der Waals surface area contributed by atoms with E-state index in [1.165, 1.54) is 26.0 Å². The topological polar surface area (TPSA) is 92.4 Å². The molecule has 0 aromatic heterocycles. The number of halogens is 2. The number of rotatable bonds is 4. The zero-order chi connectivity index (χ0) is 14.1. The van der Waals surface area contributed by atoms with Crippen molar-refractivity contribution in [2.45, 2.75) is 24.3 Å². The number of hydrogen-bond donors (Lipinski definition) is 3. The molecule has 0 saturated carbocycles. The predicted octanol–water partition coefficient (Wildman–Crippen LogP) is 1.84. The molecule has 18 heavy (non-hydrogen) atoms. The van der Waals surface area contributed by atoms with Crippen molar-refractivity contribution in [2.24, 2.45) is 0 Å². The average Bonchev–Trinajstić information content (AvgIpc) is 2.11. The van der Waals surface area contributed by atoms with Crippen molar-refractivity contribution < 1.29 is 13.5 Å². The van der Waals surface area contributed by atoms with E-state index in [0.717, 1.165) is 0 Å². The van der Waals surface area contributed by atoms with Crippen LogP contribution in [0.3, 0.4) is 0 Å². The first-order chi connectivity index (χ1) is 8.03. The lowest BCUT2D eigenvalue weighted by Crippen LogP contribution is -2.38. The van der Waals surface area contributed by atoms with E-state index in [-0.39, 0.29) is 11.4 Å². The second-order valence-electron chi connectivity index (χ2n) is 4.45. The van der Waals surface area contributed by atoms with Gasteiger partial charge >= 0.3 is 0 Å². The Morgan fingerprint density at radius 2 is 1.78 bits per heavy atom. The number of anilines is 1. The van der Waals surface area contributed by atoms with Crippen molar-refractivity contribution in [3.8, 4) is 0 Å². The van der Waals surface area contributed by atoms with E-state index in [2.05, 4.69) is 36.6 Å². The summed E-state index contributed by atoms with van der Waals surface area (Å²) in [7, 11) is -3.73. The Kier molecular flexibility index (Phi) is 4.82. The van der Waals surface area contributed by atoms with Gasteiger partial charge in [-0.25, -0.2) is 13.1 Å². The summed E-state index contributed by atoms with van der Waals surface area (Å²) in [6.45, 7) is 2.95. The quantitative estimate of drug-likeness (QED) is 0.671. The van der Waals surface area contributed by atoms with Crippen LogP contribution in [0.5, 0.6) is 0 Å². The van der Waals surface area contributed by atoms with Crippen LogP contribution in [0.25, 0.3) is 0 Å². The molecule has 0 aliphatic heterocycles. The van der Waals surface area contributed by atoms with Crippen LogP contribution in [-0.2, 0) is 10.0 Å². The Labute approximate surface area is 123 Å². The summed E-state index contributed by atoms with van der Waals surface area (Å²) in [4.78, 5) is 0.0564. The fourth-order valence-electron chi connectivity index (χ4n) is 1.18. The van der Waals surface area contributed by atoms with Gasteiger partial charge in [-0.3, -0.25) is 0 Å². The first-order valence-corrected chi connectivity index (χ1v) is 8.06. The molecule has 0 atom stereocenters. The Morgan fingerprint density at radius 3 is 2.17 bits per heavy atom. The smallest absolute Gasteiger partial charge is 0.242 e. The van der Waals surface area contributed by atoms with Crippen molar-refractivity contribution >= 4 is 47.6 Å². The molecule has 0 spiro atoms. The zero-order valence-corrected chi connectivity index (χ0v) is 13.9. The third kappa shape index (κ3) is 4.20. The average molecular weight is 402 g/mol. The van der Waals surface area contributed by atoms with E-state index in [9.17, 15) is 13.5 Å². The van der Waals surface area contributed by atoms with Crippen LogP contribution >= 0.6 is 31.9 Å². The highest BCUT2D eigenvalue weighted by Gasteiger charge is 2.24. The Bertz CT molecular complexity index is 530. The third-order valence-corrected chi connectivity index (χ3v) is 5.26. The summed E-state index contributed by atoms with van der Waals surface area (Å²) in [6, 6.07) is 3.01. The minimum atomic E-state index is -3.73. The molecular weight excluding hydrogens is 388 g/mol. The van der Waals surface area contributed by atoms with Gasteiger partial charge in [-0.15, -0.1) is 0 Å². The summed E-state index contributed by atoms with van der Waals surface area (Å²) in [5.74, 6) is 0. The fraction of sp³-hybridized carbons (Fsp3) is 0.400. The maximum absolute atomic E-state index is 12.1.